The van der Waals surface area contributed by atoms with E-state index in [2.05, 4.69) is 15.5 Å². The average molecular weight is 308 g/mol. The van der Waals surface area contributed by atoms with Crippen LogP contribution in [0.4, 0.5) is 11.7 Å². The van der Waals surface area contributed by atoms with Crippen LogP contribution in [0, 0.1) is 10.1 Å². The lowest BCUT2D eigenvalue weighted by atomic mass is 10.2. The smallest absolute Gasteiger partial charge is 0.316 e. The molecular formula is C16H12N4O3. The highest BCUT2D eigenvalue weighted by Crippen LogP contribution is 2.19. The molecule has 0 saturated heterocycles. The van der Waals surface area contributed by atoms with Crippen molar-refractivity contribution < 1.29 is 9.34 Å². The van der Waals surface area contributed by atoms with Crippen LogP contribution in [0.2, 0.25) is 0 Å². The topological polar surface area (TPSA) is 93.6 Å². The highest BCUT2D eigenvalue weighted by atomic mass is 16.6. The normalized spacial score (nSPS) is 11.5. The van der Waals surface area contributed by atoms with E-state index in [1.165, 1.54) is 12.3 Å². The van der Waals surface area contributed by atoms with E-state index in [1.807, 2.05) is 24.3 Å². The Morgan fingerprint density at radius 1 is 1.17 bits per heavy atom. The lowest BCUT2D eigenvalue weighted by Gasteiger charge is -1.95. The molecule has 0 aliphatic rings. The molecule has 0 unspecified atom stereocenters. The summed E-state index contributed by atoms with van der Waals surface area (Å²) in [7, 11) is 0. The van der Waals surface area contributed by atoms with Gasteiger partial charge >= 0.3 is 6.01 Å². The van der Waals surface area contributed by atoms with Gasteiger partial charge in [0.2, 0.25) is 0 Å². The van der Waals surface area contributed by atoms with Gasteiger partial charge in [-0.05, 0) is 30.4 Å². The number of hydrazone groups is 1. The first-order valence-electron chi connectivity index (χ1n) is 6.79. The number of aromatic nitrogens is 1. The summed E-state index contributed by atoms with van der Waals surface area (Å²) in [5.74, 6) is 0. The van der Waals surface area contributed by atoms with Crippen LogP contribution in [0.3, 0.4) is 0 Å². The highest BCUT2D eigenvalue weighted by Gasteiger charge is 2.08. The van der Waals surface area contributed by atoms with E-state index >= 15 is 0 Å². The summed E-state index contributed by atoms with van der Waals surface area (Å²) in [6, 6.07) is 14.1. The van der Waals surface area contributed by atoms with Gasteiger partial charge in [0, 0.05) is 12.3 Å². The van der Waals surface area contributed by atoms with Gasteiger partial charge in [-0.2, -0.15) is 10.1 Å². The molecule has 0 radical (unpaired) electrons. The lowest BCUT2D eigenvalue weighted by molar-refractivity contribution is -0.385. The van der Waals surface area contributed by atoms with Gasteiger partial charge in [0.25, 0.3) is 5.69 Å². The zero-order valence-electron chi connectivity index (χ0n) is 11.9. The maximum Gasteiger partial charge on any atom is 0.316 e. The first-order chi connectivity index (χ1) is 11.2. The number of benzene rings is 2. The molecule has 0 bridgehead atoms. The second kappa shape index (κ2) is 6.52. The van der Waals surface area contributed by atoms with Crippen molar-refractivity contribution in [3.8, 4) is 0 Å². The van der Waals surface area contributed by atoms with Crippen molar-refractivity contribution in [1.82, 2.24) is 4.98 Å². The number of allylic oxidation sites excluding steroid dienone is 1. The molecule has 1 aromatic heterocycles. The standard InChI is InChI=1S/C16H12N4O3/c21-20(22)14-9-3-1-6-12(14)7-5-11-17-19-16-18-13-8-2-4-10-15(13)23-16/h1-11H,(H,18,19)/b7-5+,17-11-. The molecule has 0 amide bonds. The zero-order valence-corrected chi connectivity index (χ0v) is 11.9. The highest BCUT2D eigenvalue weighted by molar-refractivity contribution is 5.80. The van der Waals surface area contributed by atoms with Crippen molar-refractivity contribution in [2.45, 2.75) is 0 Å². The fraction of sp³-hybridized carbons (Fsp3) is 0. The molecule has 7 heteroatoms. The third kappa shape index (κ3) is 3.41. The predicted octanol–water partition coefficient (Wildman–Crippen LogP) is 3.85. The molecule has 1 N–H and O–H groups in total. The summed E-state index contributed by atoms with van der Waals surface area (Å²) < 4.78 is 5.43. The van der Waals surface area contributed by atoms with Crippen LogP contribution in [0.25, 0.3) is 17.2 Å². The van der Waals surface area contributed by atoms with Crippen molar-refractivity contribution >= 4 is 35.1 Å². The van der Waals surface area contributed by atoms with Gasteiger partial charge in [-0.1, -0.05) is 24.3 Å². The van der Waals surface area contributed by atoms with Gasteiger partial charge < -0.3 is 4.42 Å². The van der Waals surface area contributed by atoms with E-state index in [9.17, 15) is 10.1 Å². The largest absolute Gasteiger partial charge is 0.422 e. The molecule has 0 spiro atoms. The van der Waals surface area contributed by atoms with E-state index in [4.69, 9.17) is 4.42 Å². The molecule has 2 aromatic carbocycles. The maximum absolute atomic E-state index is 10.9. The minimum atomic E-state index is -0.423. The molecule has 23 heavy (non-hydrogen) atoms. The van der Waals surface area contributed by atoms with Crippen LogP contribution < -0.4 is 5.43 Å². The minimum Gasteiger partial charge on any atom is -0.422 e. The fourth-order valence-corrected chi connectivity index (χ4v) is 2.00. The monoisotopic (exact) mass is 308 g/mol. The Bertz CT molecular complexity index is 866. The number of nitro groups is 1. The average Bonchev–Trinajstić information content (AvgIpc) is 2.97. The Balaban J connectivity index is 1.66. The number of para-hydroxylation sites is 3. The summed E-state index contributed by atoms with van der Waals surface area (Å²) in [4.78, 5) is 14.7. The Morgan fingerprint density at radius 2 is 1.96 bits per heavy atom. The molecule has 3 aromatic rings. The van der Waals surface area contributed by atoms with Crippen molar-refractivity contribution in [2.24, 2.45) is 5.10 Å². The minimum absolute atomic E-state index is 0.0454. The molecule has 1 heterocycles. The SMILES string of the molecule is O=[N+]([O-])c1ccccc1/C=C/C=N\Nc1nc2ccccc2o1. The van der Waals surface area contributed by atoms with Crippen LogP contribution in [-0.2, 0) is 0 Å². The van der Waals surface area contributed by atoms with Crippen LogP contribution in [-0.4, -0.2) is 16.1 Å². The summed E-state index contributed by atoms with van der Waals surface area (Å²) in [6.45, 7) is 0. The molecule has 0 saturated carbocycles. The third-order valence-corrected chi connectivity index (χ3v) is 3.02. The lowest BCUT2D eigenvalue weighted by Crippen LogP contribution is -1.90. The number of oxazole rings is 1. The molecule has 0 aliphatic heterocycles. The number of nitrogens with one attached hydrogen (secondary N) is 1. The molecule has 0 atom stereocenters. The molecular weight excluding hydrogens is 296 g/mol. The number of nitro benzene ring substituents is 1. The summed E-state index contributed by atoms with van der Waals surface area (Å²) in [6.07, 6.45) is 4.67. The Kier molecular flexibility index (Phi) is 4.10. The third-order valence-electron chi connectivity index (χ3n) is 3.02. The number of anilines is 1. The van der Waals surface area contributed by atoms with Crippen molar-refractivity contribution in [1.29, 1.82) is 0 Å². The van der Waals surface area contributed by atoms with Crippen molar-refractivity contribution in [3.63, 3.8) is 0 Å². The number of rotatable bonds is 5. The van der Waals surface area contributed by atoms with E-state index in [1.54, 1.807) is 30.4 Å². The van der Waals surface area contributed by atoms with E-state index in [0.717, 1.165) is 5.52 Å². The van der Waals surface area contributed by atoms with Crippen LogP contribution >= 0.6 is 0 Å². The second-order valence-corrected chi connectivity index (χ2v) is 4.55. The van der Waals surface area contributed by atoms with Gasteiger partial charge in [0.1, 0.15) is 5.52 Å². The number of nitrogens with zero attached hydrogens (tertiary/aromatic N) is 3. The quantitative estimate of drug-likeness (QED) is 0.439. The summed E-state index contributed by atoms with van der Waals surface area (Å²) in [5, 5.41) is 14.8. The number of hydrogen-bond acceptors (Lipinski definition) is 6. The Hall–Kier alpha value is -3.48. The van der Waals surface area contributed by atoms with E-state index in [0.29, 0.717) is 11.1 Å². The fourth-order valence-electron chi connectivity index (χ4n) is 2.00. The number of fused-ring (bicyclic) bond motifs is 1. The van der Waals surface area contributed by atoms with Gasteiger partial charge in [-0.3, -0.25) is 10.1 Å². The van der Waals surface area contributed by atoms with Crippen molar-refractivity contribution in [3.05, 3.63) is 70.3 Å². The molecule has 3 rings (SSSR count). The molecule has 0 aliphatic carbocycles. The number of hydrogen-bond donors (Lipinski definition) is 1. The van der Waals surface area contributed by atoms with E-state index < -0.39 is 4.92 Å². The van der Waals surface area contributed by atoms with E-state index in [-0.39, 0.29) is 11.7 Å². The first-order valence-corrected chi connectivity index (χ1v) is 6.79. The first kappa shape index (κ1) is 14.5. The zero-order chi connectivity index (χ0) is 16.1. The van der Waals surface area contributed by atoms with Crippen molar-refractivity contribution in [2.75, 3.05) is 5.43 Å². The van der Waals surface area contributed by atoms with Gasteiger partial charge in [-0.15, -0.1) is 0 Å². The summed E-state index contributed by atoms with van der Waals surface area (Å²) in [5.41, 5.74) is 4.62. The van der Waals surface area contributed by atoms with Gasteiger partial charge in [0.15, 0.2) is 5.58 Å². The Morgan fingerprint density at radius 3 is 2.78 bits per heavy atom. The predicted molar refractivity (Wildman–Crippen MR) is 88.3 cm³/mol. The van der Waals surface area contributed by atoms with Crippen LogP contribution in [0.15, 0.2) is 64.1 Å². The van der Waals surface area contributed by atoms with Crippen LogP contribution in [0.1, 0.15) is 5.56 Å². The maximum atomic E-state index is 10.9. The van der Waals surface area contributed by atoms with Crippen LogP contribution in [0.5, 0.6) is 0 Å². The Labute approximate surface area is 131 Å². The van der Waals surface area contributed by atoms with Gasteiger partial charge in [-0.25, -0.2) is 5.43 Å². The second-order valence-electron chi connectivity index (χ2n) is 4.55. The van der Waals surface area contributed by atoms with Gasteiger partial charge in [0.05, 0.1) is 10.5 Å². The summed E-state index contributed by atoms with van der Waals surface area (Å²) >= 11 is 0. The molecule has 7 nitrogen and oxygen atoms in total. The molecule has 0 fully saturated rings. The molecule has 114 valence electrons.